The first-order valence-corrected chi connectivity index (χ1v) is 6.73. The molecular weight excluding hydrogens is 212 g/mol. The average Bonchev–Trinajstić information content (AvgIpc) is 2.79. The minimum Gasteiger partial charge on any atom is -0.314 e. The molecule has 2 N–H and O–H groups in total. The first-order valence-electron chi connectivity index (χ1n) is 6.73. The molecule has 1 aromatic rings. The van der Waals surface area contributed by atoms with Crippen LogP contribution in [-0.4, -0.2) is 27.8 Å². The molecule has 4 nitrogen and oxygen atoms in total. The van der Waals surface area contributed by atoms with Gasteiger partial charge >= 0.3 is 0 Å². The predicted molar refractivity (Wildman–Crippen MR) is 68.7 cm³/mol. The van der Waals surface area contributed by atoms with Gasteiger partial charge in [0.05, 0.1) is 0 Å². The van der Waals surface area contributed by atoms with E-state index >= 15 is 0 Å². The molecule has 2 rings (SSSR count). The molecule has 17 heavy (non-hydrogen) atoms. The topological polar surface area (TPSA) is 53.6 Å². The van der Waals surface area contributed by atoms with Crippen LogP contribution in [0.5, 0.6) is 0 Å². The van der Waals surface area contributed by atoms with Crippen molar-refractivity contribution in [3.63, 3.8) is 0 Å². The summed E-state index contributed by atoms with van der Waals surface area (Å²) < 4.78 is 0. The molecule has 0 amide bonds. The Balaban J connectivity index is 1.57. The highest BCUT2D eigenvalue weighted by Crippen LogP contribution is 2.34. The van der Waals surface area contributed by atoms with E-state index in [1.807, 2.05) is 0 Å². The van der Waals surface area contributed by atoms with Crippen molar-refractivity contribution < 1.29 is 0 Å². The van der Waals surface area contributed by atoms with Crippen LogP contribution in [0, 0.1) is 5.41 Å². The summed E-state index contributed by atoms with van der Waals surface area (Å²) in [5.74, 6) is 0.997. The molecule has 0 saturated heterocycles. The van der Waals surface area contributed by atoms with Crippen LogP contribution in [0.1, 0.15) is 51.8 Å². The van der Waals surface area contributed by atoms with E-state index in [1.165, 1.54) is 25.7 Å². The van der Waals surface area contributed by atoms with E-state index in [2.05, 4.69) is 34.3 Å². The third-order valence-corrected chi connectivity index (χ3v) is 3.83. The van der Waals surface area contributed by atoms with E-state index in [1.54, 1.807) is 6.33 Å². The highest BCUT2D eigenvalue weighted by atomic mass is 15.2. The van der Waals surface area contributed by atoms with Gasteiger partial charge in [0.2, 0.25) is 0 Å². The fraction of sp³-hybridized carbons (Fsp3) is 0.846. The summed E-state index contributed by atoms with van der Waals surface area (Å²) in [7, 11) is 0. The van der Waals surface area contributed by atoms with Crippen molar-refractivity contribution in [3.05, 3.63) is 12.2 Å². The number of H-pyrrole nitrogens is 1. The highest BCUT2D eigenvalue weighted by Gasteiger charge is 2.26. The van der Waals surface area contributed by atoms with Crippen LogP contribution < -0.4 is 5.32 Å². The molecule has 0 spiro atoms. The number of rotatable bonds is 5. The number of nitrogens with one attached hydrogen (secondary N) is 2. The van der Waals surface area contributed by atoms with E-state index in [9.17, 15) is 0 Å². The third-order valence-electron chi connectivity index (χ3n) is 3.83. The Labute approximate surface area is 104 Å². The lowest BCUT2D eigenvalue weighted by molar-refractivity contribution is 0.206. The maximum absolute atomic E-state index is 4.13. The summed E-state index contributed by atoms with van der Waals surface area (Å²) in [6, 6.07) is 0.734. The van der Waals surface area contributed by atoms with Gasteiger partial charge < -0.3 is 5.32 Å². The van der Waals surface area contributed by atoms with Gasteiger partial charge in [-0.1, -0.05) is 13.8 Å². The minimum atomic E-state index is 0.567. The molecule has 1 saturated carbocycles. The van der Waals surface area contributed by atoms with Gasteiger partial charge in [-0.25, -0.2) is 4.98 Å². The van der Waals surface area contributed by atoms with Crippen molar-refractivity contribution in [1.29, 1.82) is 0 Å². The van der Waals surface area contributed by atoms with Crippen LogP contribution in [0.2, 0.25) is 0 Å². The van der Waals surface area contributed by atoms with Crippen LogP contribution >= 0.6 is 0 Å². The number of aryl methyl sites for hydroxylation is 1. The summed E-state index contributed by atoms with van der Waals surface area (Å²) in [4.78, 5) is 4.13. The van der Waals surface area contributed by atoms with Gasteiger partial charge in [0, 0.05) is 12.5 Å². The second-order valence-corrected chi connectivity index (χ2v) is 5.93. The van der Waals surface area contributed by atoms with E-state index in [0.29, 0.717) is 5.41 Å². The Hall–Kier alpha value is -0.900. The molecule has 0 aliphatic heterocycles. The summed E-state index contributed by atoms with van der Waals surface area (Å²) in [6.07, 6.45) is 9.07. The molecule has 4 heteroatoms. The largest absolute Gasteiger partial charge is 0.314 e. The normalized spacial score (nSPS) is 20.6. The molecule has 1 aromatic heterocycles. The molecule has 96 valence electrons. The molecule has 0 aromatic carbocycles. The number of aromatic nitrogens is 3. The van der Waals surface area contributed by atoms with Gasteiger partial charge in [-0.2, -0.15) is 5.10 Å². The molecule has 0 unspecified atom stereocenters. The van der Waals surface area contributed by atoms with E-state index in [0.717, 1.165) is 31.3 Å². The smallest absolute Gasteiger partial charge is 0.137 e. The van der Waals surface area contributed by atoms with E-state index < -0.39 is 0 Å². The summed E-state index contributed by atoms with van der Waals surface area (Å²) >= 11 is 0. The zero-order valence-electron chi connectivity index (χ0n) is 11.0. The summed E-state index contributed by atoms with van der Waals surface area (Å²) in [6.45, 7) is 5.85. The average molecular weight is 236 g/mol. The predicted octanol–water partition coefficient (Wildman–Crippen LogP) is 2.30. The second kappa shape index (κ2) is 5.63. The summed E-state index contributed by atoms with van der Waals surface area (Å²) in [5, 5.41) is 10.4. The van der Waals surface area contributed by atoms with Crippen LogP contribution in [0.15, 0.2) is 6.33 Å². The first-order chi connectivity index (χ1) is 8.16. The Morgan fingerprint density at radius 3 is 2.82 bits per heavy atom. The van der Waals surface area contributed by atoms with Crippen molar-refractivity contribution in [1.82, 2.24) is 20.5 Å². The molecule has 1 heterocycles. The van der Waals surface area contributed by atoms with Crippen molar-refractivity contribution in [2.24, 2.45) is 5.41 Å². The van der Waals surface area contributed by atoms with Gasteiger partial charge in [-0.3, -0.25) is 5.10 Å². The maximum atomic E-state index is 4.13. The number of aromatic amines is 1. The standard InChI is InChI=1S/C13H24N4/c1-13(2)7-5-11(6-8-13)14-9-3-4-12-15-10-16-17-12/h10-11,14H,3-9H2,1-2H3,(H,15,16,17). The molecule has 0 atom stereocenters. The maximum Gasteiger partial charge on any atom is 0.137 e. The number of hydrogen-bond acceptors (Lipinski definition) is 3. The van der Waals surface area contributed by atoms with Crippen molar-refractivity contribution in [2.45, 2.75) is 58.4 Å². The van der Waals surface area contributed by atoms with Gasteiger partial charge in [0.1, 0.15) is 12.2 Å². The fourth-order valence-corrected chi connectivity index (χ4v) is 2.52. The van der Waals surface area contributed by atoms with Crippen molar-refractivity contribution >= 4 is 0 Å². The Morgan fingerprint density at radius 2 is 2.18 bits per heavy atom. The van der Waals surface area contributed by atoms with Gasteiger partial charge in [-0.15, -0.1) is 0 Å². The molecule has 1 fully saturated rings. The fourth-order valence-electron chi connectivity index (χ4n) is 2.52. The third kappa shape index (κ3) is 4.11. The minimum absolute atomic E-state index is 0.567. The van der Waals surface area contributed by atoms with E-state index in [-0.39, 0.29) is 0 Å². The lowest BCUT2D eigenvalue weighted by Gasteiger charge is -2.34. The molecule has 1 aliphatic rings. The molecule has 0 radical (unpaired) electrons. The highest BCUT2D eigenvalue weighted by molar-refractivity contribution is 4.83. The monoisotopic (exact) mass is 236 g/mol. The quantitative estimate of drug-likeness (QED) is 0.771. The Bertz CT molecular complexity index is 308. The van der Waals surface area contributed by atoms with Crippen LogP contribution in [0.3, 0.4) is 0 Å². The van der Waals surface area contributed by atoms with Crippen LogP contribution in [0.25, 0.3) is 0 Å². The zero-order chi connectivity index (χ0) is 12.1. The summed E-state index contributed by atoms with van der Waals surface area (Å²) in [5.41, 5.74) is 0.567. The lowest BCUT2D eigenvalue weighted by Crippen LogP contribution is -2.36. The lowest BCUT2D eigenvalue weighted by atomic mass is 9.75. The Kier molecular flexibility index (Phi) is 4.15. The van der Waals surface area contributed by atoms with E-state index in [4.69, 9.17) is 0 Å². The van der Waals surface area contributed by atoms with Crippen molar-refractivity contribution in [3.8, 4) is 0 Å². The number of hydrogen-bond donors (Lipinski definition) is 2. The van der Waals surface area contributed by atoms with Gasteiger partial charge in [0.15, 0.2) is 0 Å². The Morgan fingerprint density at radius 1 is 1.41 bits per heavy atom. The molecular formula is C13H24N4. The molecule has 0 bridgehead atoms. The van der Waals surface area contributed by atoms with Crippen molar-refractivity contribution in [2.75, 3.05) is 6.54 Å². The first kappa shape index (κ1) is 12.6. The van der Waals surface area contributed by atoms with Gasteiger partial charge in [0.25, 0.3) is 0 Å². The molecule has 1 aliphatic carbocycles. The second-order valence-electron chi connectivity index (χ2n) is 5.93. The van der Waals surface area contributed by atoms with Gasteiger partial charge in [-0.05, 0) is 44.1 Å². The number of nitrogens with zero attached hydrogens (tertiary/aromatic N) is 2. The van der Waals surface area contributed by atoms with Crippen LogP contribution in [0.4, 0.5) is 0 Å². The SMILES string of the molecule is CC1(C)CCC(NCCCc2ncn[nH]2)CC1. The zero-order valence-corrected chi connectivity index (χ0v) is 11.0. The van der Waals surface area contributed by atoms with Crippen LogP contribution in [-0.2, 0) is 6.42 Å².